The molecule has 1 N–H and O–H groups in total. The highest BCUT2D eigenvalue weighted by atomic mass is 79.9. The molecule has 0 aliphatic carbocycles. The first-order valence-electron chi connectivity index (χ1n) is 8.66. The van der Waals surface area contributed by atoms with Crippen molar-refractivity contribution in [1.82, 2.24) is 4.90 Å². The molecule has 27 heavy (non-hydrogen) atoms. The van der Waals surface area contributed by atoms with Crippen LogP contribution in [-0.2, 0) is 11.0 Å². The Morgan fingerprint density at radius 3 is 2.59 bits per heavy atom. The second-order valence-electron chi connectivity index (χ2n) is 6.72. The van der Waals surface area contributed by atoms with E-state index in [1.54, 1.807) is 6.07 Å². The summed E-state index contributed by atoms with van der Waals surface area (Å²) in [5.41, 5.74) is 0.620. The minimum atomic E-state index is -4.43. The van der Waals surface area contributed by atoms with Crippen molar-refractivity contribution in [3.63, 3.8) is 0 Å². The minimum Gasteiger partial charge on any atom is -0.481 e. The lowest BCUT2D eigenvalue weighted by atomic mass is 9.91. The number of rotatable bonds is 4. The Morgan fingerprint density at radius 1 is 1.19 bits per heavy atom. The van der Waals surface area contributed by atoms with Gasteiger partial charge in [-0.2, -0.15) is 13.2 Å². The number of hydrogen-bond donors (Lipinski definition) is 1. The molecule has 0 aromatic heterocycles. The second kappa shape index (κ2) is 8.02. The molecule has 1 aliphatic rings. The standard InChI is InChI=1S/C20H19BrF3NO2/c21-17-9-2-1-8-16(17)18(25-10-4-6-14(12-25)19(26)27)13-5-3-7-15(11-13)20(22,23)24/h1-3,5,7-9,11,14,18H,4,6,10,12H2,(H,26,27). The molecule has 0 bridgehead atoms. The Kier molecular flexibility index (Phi) is 5.91. The van der Waals surface area contributed by atoms with Crippen molar-refractivity contribution in [2.45, 2.75) is 25.1 Å². The molecule has 0 spiro atoms. The Hall–Kier alpha value is -1.86. The fourth-order valence-corrected chi connectivity index (χ4v) is 4.11. The van der Waals surface area contributed by atoms with Crippen molar-refractivity contribution < 1.29 is 23.1 Å². The summed E-state index contributed by atoms with van der Waals surface area (Å²) in [4.78, 5) is 13.4. The van der Waals surface area contributed by atoms with Crippen molar-refractivity contribution in [2.75, 3.05) is 13.1 Å². The van der Waals surface area contributed by atoms with E-state index in [4.69, 9.17) is 0 Å². The lowest BCUT2D eigenvalue weighted by Gasteiger charge is -2.38. The molecule has 3 nitrogen and oxygen atoms in total. The molecule has 0 saturated carbocycles. The van der Waals surface area contributed by atoms with Gasteiger partial charge in [0.15, 0.2) is 0 Å². The number of aliphatic carboxylic acids is 1. The molecule has 0 amide bonds. The van der Waals surface area contributed by atoms with E-state index in [9.17, 15) is 23.1 Å². The summed E-state index contributed by atoms with van der Waals surface area (Å²) in [6.07, 6.45) is -3.16. The summed E-state index contributed by atoms with van der Waals surface area (Å²) < 4.78 is 40.4. The zero-order valence-electron chi connectivity index (χ0n) is 14.4. The van der Waals surface area contributed by atoms with Crippen LogP contribution in [0.4, 0.5) is 13.2 Å². The number of carbonyl (C=O) groups is 1. The van der Waals surface area contributed by atoms with Crippen LogP contribution in [0.5, 0.6) is 0 Å². The van der Waals surface area contributed by atoms with Gasteiger partial charge in [-0.15, -0.1) is 0 Å². The Morgan fingerprint density at radius 2 is 1.93 bits per heavy atom. The number of halogens is 4. The van der Waals surface area contributed by atoms with E-state index in [1.807, 2.05) is 29.2 Å². The first kappa shape index (κ1) is 19.9. The van der Waals surface area contributed by atoms with Crippen molar-refractivity contribution in [3.8, 4) is 0 Å². The Bertz CT molecular complexity index is 825. The van der Waals surface area contributed by atoms with Crippen LogP contribution in [0.2, 0.25) is 0 Å². The van der Waals surface area contributed by atoms with Crippen molar-refractivity contribution in [2.24, 2.45) is 5.92 Å². The molecule has 1 fully saturated rings. The van der Waals surface area contributed by atoms with Gasteiger partial charge in [0.05, 0.1) is 17.5 Å². The van der Waals surface area contributed by atoms with Gasteiger partial charge >= 0.3 is 12.1 Å². The number of carboxylic acid groups (broad SMARTS) is 1. The van der Waals surface area contributed by atoms with E-state index < -0.39 is 29.7 Å². The lowest BCUT2D eigenvalue weighted by molar-refractivity contribution is -0.143. The first-order valence-corrected chi connectivity index (χ1v) is 9.45. The average Bonchev–Trinajstić information content (AvgIpc) is 2.63. The van der Waals surface area contributed by atoms with Gasteiger partial charge in [0.25, 0.3) is 0 Å². The normalized spacial score (nSPS) is 19.6. The van der Waals surface area contributed by atoms with Gasteiger partial charge in [0, 0.05) is 11.0 Å². The molecular formula is C20H19BrF3NO2. The van der Waals surface area contributed by atoms with E-state index in [-0.39, 0.29) is 0 Å². The van der Waals surface area contributed by atoms with Gasteiger partial charge in [-0.05, 0) is 48.7 Å². The van der Waals surface area contributed by atoms with Crippen molar-refractivity contribution >= 4 is 21.9 Å². The highest BCUT2D eigenvalue weighted by Crippen LogP contribution is 2.38. The van der Waals surface area contributed by atoms with Gasteiger partial charge in [0.2, 0.25) is 0 Å². The number of hydrogen-bond acceptors (Lipinski definition) is 2. The third kappa shape index (κ3) is 4.52. The number of likely N-dealkylation sites (tertiary alicyclic amines) is 1. The quantitative estimate of drug-likeness (QED) is 0.694. The predicted octanol–water partition coefficient (Wildman–Crippen LogP) is 5.35. The van der Waals surface area contributed by atoms with E-state index in [0.29, 0.717) is 31.5 Å². The van der Waals surface area contributed by atoms with Crippen LogP contribution in [-0.4, -0.2) is 29.1 Å². The zero-order valence-corrected chi connectivity index (χ0v) is 16.0. The fourth-order valence-electron chi connectivity index (χ4n) is 3.61. The number of piperidine rings is 1. The third-order valence-electron chi connectivity index (χ3n) is 4.90. The predicted molar refractivity (Wildman–Crippen MR) is 99.4 cm³/mol. The molecule has 1 aliphatic heterocycles. The topological polar surface area (TPSA) is 40.5 Å². The summed E-state index contributed by atoms with van der Waals surface area (Å²) in [7, 11) is 0. The molecule has 144 valence electrons. The van der Waals surface area contributed by atoms with Crippen molar-refractivity contribution in [1.29, 1.82) is 0 Å². The third-order valence-corrected chi connectivity index (χ3v) is 5.62. The maximum absolute atomic E-state index is 13.2. The van der Waals surface area contributed by atoms with Gasteiger partial charge in [0.1, 0.15) is 0 Å². The van der Waals surface area contributed by atoms with Crippen LogP contribution in [0.25, 0.3) is 0 Å². The van der Waals surface area contributed by atoms with Crippen LogP contribution >= 0.6 is 15.9 Å². The molecule has 2 unspecified atom stereocenters. The van der Waals surface area contributed by atoms with Crippen LogP contribution in [0.15, 0.2) is 53.0 Å². The second-order valence-corrected chi connectivity index (χ2v) is 7.57. The SMILES string of the molecule is O=C(O)C1CCCN(C(c2cccc(C(F)(F)F)c2)c2ccccc2Br)C1. The summed E-state index contributed by atoms with van der Waals surface area (Å²) in [5, 5.41) is 9.40. The summed E-state index contributed by atoms with van der Waals surface area (Å²) >= 11 is 3.50. The van der Waals surface area contributed by atoms with Crippen LogP contribution in [0.1, 0.15) is 35.6 Å². The minimum absolute atomic E-state index is 0.303. The van der Waals surface area contributed by atoms with Crippen molar-refractivity contribution in [3.05, 3.63) is 69.7 Å². The first-order chi connectivity index (χ1) is 12.8. The van der Waals surface area contributed by atoms with E-state index >= 15 is 0 Å². The highest BCUT2D eigenvalue weighted by molar-refractivity contribution is 9.10. The number of alkyl halides is 3. The summed E-state index contributed by atoms with van der Waals surface area (Å²) in [5.74, 6) is -1.39. The number of benzene rings is 2. The maximum Gasteiger partial charge on any atom is 0.416 e. The van der Waals surface area contributed by atoms with E-state index in [2.05, 4.69) is 15.9 Å². The lowest BCUT2D eigenvalue weighted by Crippen LogP contribution is -2.41. The molecule has 0 radical (unpaired) electrons. The maximum atomic E-state index is 13.2. The molecule has 7 heteroatoms. The number of carboxylic acids is 1. The fraction of sp³-hybridized carbons (Fsp3) is 0.350. The summed E-state index contributed by atoms with van der Waals surface area (Å²) in [6, 6.07) is 12.2. The average molecular weight is 442 g/mol. The molecule has 2 aromatic rings. The Balaban J connectivity index is 2.06. The van der Waals surface area contributed by atoms with Crippen LogP contribution in [0.3, 0.4) is 0 Å². The van der Waals surface area contributed by atoms with Gasteiger partial charge in [-0.25, -0.2) is 0 Å². The molecule has 1 heterocycles. The van der Waals surface area contributed by atoms with Crippen LogP contribution < -0.4 is 0 Å². The number of nitrogens with zero attached hydrogens (tertiary/aromatic N) is 1. The summed E-state index contributed by atoms with van der Waals surface area (Å²) in [6.45, 7) is 0.934. The van der Waals surface area contributed by atoms with Gasteiger partial charge in [-0.1, -0.05) is 46.3 Å². The molecule has 1 saturated heterocycles. The van der Waals surface area contributed by atoms with Crippen LogP contribution in [0, 0.1) is 5.92 Å². The molecule has 2 aromatic carbocycles. The zero-order chi connectivity index (χ0) is 19.6. The van der Waals surface area contributed by atoms with Gasteiger partial charge < -0.3 is 5.11 Å². The molecule has 3 rings (SSSR count). The smallest absolute Gasteiger partial charge is 0.416 e. The van der Waals surface area contributed by atoms with Gasteiger partial charge in [-0.3, -0.25) is 9.69 Å². The monoisotopic (exact) mass is 441 g/mol. The van der Waals surface area contributed by atoms with E-state index in [0.717, 1.165) is 22.2 Å². The highest BCUT2D eigenvalue weighted by Gasteiger charge is 2.34. The Labute approximate surface area is 163 Å². The molecular weight excluding hydrogens is 423 g/mol. The molecule has 2 atom stereocenters. The van der Waals surface area contributed by atoms with E-state index in [1.165, 1.54) is 6.07 Å². The largest absolute Gasteiger partial charge is 0.481 e.